The van der Waals surface area contributed by atoms with Gasteiger partial charge < -0.3 is 19.5 Å². The predicted molar refractivity (Wildman–Crippen MR) is 122 cm³/mol. The maximum absolute atomic E-state index is 12.6. The first-order valence-corrected chi connectivity index (χ1v) is 10.1. The molecule has 1 aliphatic rings. The lowest BCUT2D eigenvalue weighted by molar-refractivity contribution is 0.102. The van der Waals surface area contributed by atoms with Crippen LogP contribution in [0, 0.1) is 0 Å². The van der Waals surface area contributed by atoms with Crippen molar-refractivity contribution >= 4 is 23.4 Å². The zero-order valence-corrected chi connectivity index (χ0v) is 18.1. The standard InChI is InChI=1S/C24H22N4O5/c1-31-21-10-9-16(12-22(21)32-2)20-15-33-24(30)28(27-20)14-18-6-3-4-8-19(18)26-23(29)17-7-5-11-25-13-17/h3-13H,14-15H2,1-2H3,(H,26,29). The third-order valence-corrected chi connectivity index (χ3v) is 5.01. The molecular formula is C24H22N4O5. The first-order valence-electron chi connectivity index (χ1n) is 10.1. The highest BCUT2D eigenvalue weighted by Gasteiger charge is 2.24. The lowest BCUT2D eigenvalue weighted by Crippen LogP contribution is -2.35. The Labute approximate surface area is 190 Å². The molecule has 0 spiro atoms. The fourth-order valence-electron chi connectivity index (χ4n) is 3.31. The zero-order chi connectivity index (χ0) is 23.2. The highest BCUT2D eigenvalue weighted by Crippen LogP contribution is 2.29. The summed E-state index contributed by atoms with van der Waals surface area (Å²) in [5.74, 6) is 0.834. The summed E-state index contributed by atoms with van der Waals surface area (Å²) >= 11 is 0. The third kappa shape index (κ3) is 4.93. The Morgan fingerprint density at radius 2 is 1.91 bits per heavy atom. The summed E-state index contributed by atoms with van der Waals surface area (Å²) in [5.41, 5.74) is 2.99. The monoisotopic (exact) mass is 446 g/mol. The van der Waals surface area contributed by atoms with E-state index in [-0.39, 0.29) is 19.1 Å². The van der Waals surface area contributed by atoms with Gasteiger partial charge in [-0.1, -0.05) is 18.2 Å². The molecule has 3 aromatic rings. The molecule has 0 bridgehead atoms. The lowest BCUT2D eigenvalue weighted by Gasteiger charge is -2.24. The summed E-state index contributed by atoms with van der Waals surface area (Å²) in [4.78, 5) is 28.9. The van der Waals surface area contributed by atoms with Gasteiger partial charge in [0.15, 0.2) is 11.5 Å². The molecule has 33 heavy (non-hydrogen) atoms. The van der Waals surface area contributed by atoms with Crippen molar-refractivity contribution in [2.45, 2.75) is 6.54 Å². The average Bonchev–Trinajstić information content (AvgIpc) is 2.86. The van der Waals surface area contributed by atoms with Crippen LogP contribution >= 0.6 is 0 Å². The molecule has 2 heterocycles. The summed E-state index contributed by atoms with van der Waals surface area (Å²) in [5, 5.41) is 8.59. The number of hydrazone groups is 1. The fourth-order valence-corrected chi connectivity index (χ4v) is 3.31. The van der Waals surface area contributed by atoms with Crippen LogP contribution in [0.4, 0.5) is 10.5 Å². The quantitative estimate of drug-likeness (QED) is 0.594. The number of hydrogen-bond acceptors (Lipinski definition) is 7. The second-order valence-electron chi connectivity index (χ2n) is 7.08. The maximum atomic E-state index is 12.6. The molecule has 0 unspecified atom stereocenters. The Bertz CT molecular complexity index is 1200. The number of methoxy groups -OCH3 is 2. The van der Waals surface area contributed by atoms with E-state index in [9.17, 15) is 9.59 Å². The SMILES string of the molecule is COc1ccc(C2=NN(Cc3ccccc3NC(=O)c3cccnc3)C(=O)OC2)cc1OC. The number of carbonyl (C=O) groups excluding carboxylic acids is 2. The largest absolute Gasteiger partial charge is 0.493 e. The van der Waals surface area contributed by atoms with Crippen LogP contribution in [0.5, 0.6) is 11.5 Å². The molecule has 0 fully saturated rings. The van der Waals surface area contributed by atoms with E-state index in [0.29, 0.717) is 34.0 Å². The number of amides is 2. The molecule has 0 saturated carbocycles. The first kappa shape index (κ1) is 21.8. The van der Waals surface area contributed by atoms with Crippen LogP contribution < -0.4 is 14.8 Å². The summed E-state index contributed by atoms with van der Waals surface area (Å²) in [7, 11) is 3.11. The number of aromatic nitrogens is 1. The topological polar surface area (TPSA) is 102 Å². The van der Waals surface area contributed by atoms with Crippen molar-refractivity contribution in [1.82, 2.24) is 9.99 Å². The van der Waals surface area contributed by atoms with Crippen molar-refractivity contribution in [3.8, 4) is 11.5 Å². The Kier molecular flexibility index (Phi) is 6.49. The number of carbonyl (C=O) groups is 2. The molecule has 168 valence electrons. The van der Waals surface area contributed by atoms with Crippen molar-refractivity contribution in [3.05, 3.63) is 83.7 Å². The van der Waals surface area contributed by atoms with Gasteiger partial charge in [-0.25, -0.2) is 4.79 Å². The minimum Gasteiger partial charge on any atom is -0.493 e. The molecule has 0 radical (unpaired) electrons. The van der Waals surface area contributed by atoms with Gasteiger partial charge in [0.05, 0.1) is 26.3 Å². The number of para-hydroxylation sites is 1. The van der Waals surface area contributed by atoms with Gasteiger partial charge in [0, 0.05) is 23.6 Å². The highest BCUT2D eigenvalue weighted by molar-refractivity contribution is 6.05. The minimum absolute atomic E-state index is 0.0320. The number of ether oxygens (including phenoxy) is 3. The van der Waals surface area contributed by atoms with Gasteiger partial charge in [-0.15, -0.1) is 0 Å². The normalized spacial score (nSPS) is 13.1. The van der Waals surface area contributed by atoms with Crippen LogP contribution in [-0.2, 0) is 11.3 Å². The van der Waals surface area contributed by atoms with Crippen molar-refractivity contribution in [1.29, 1.82) is 0 Å². The molecule has 1 aliphatic heterocycles. The van der Waals surface area contributed by atoms with E-state index in [1.165, 1.54) is 11.2 Å². The van der Waals surface area contributed by atoms with E-state index in [1.54, 1.807) is 56.8 Å². The summed E-state index contributed by atoms with van der Waals surface area (Å²) < 4.78 is 16.0. The van der Waals surface area contributed by atoms with Crippen LogP contribution in [0.25, 0.3) is 0 Å². The Balaban J connectivity index is 1.57. The van der Waals surface area contributed by atoms with E-state index < -0.39 is 6.09 Å². The number of cyclic esters (lactones) is 1. The van der Waals surface area contributed by atoms with Crippen molar-refractivity contribution in [3.63, 3.8) is 0 Å². The maximum Gasteiger partial charge on any atom is 0.431 e. The van der Waals surface area contributed by atoms with E-state index in [1.807, 2.05) is 18.2 Å². The number of nitrogens with zero attached hydrogens (tertiary/aromatic N) is 3. The molecule has 2 aromatic carbocycles. The Morgan fingerprint density at radius 3 is 2.67 bits per heavy atom. The second kappa shape index (κ2) is 9.82. The molecule has 9 heteroatoms. The summed E-state index contributed by atoms with van der Waals surface area (Å²) in [6.45, 7) is 0.142. The van der Waals surface area contributed by atoms with Gasteiger partial charge in [-0.2, -0.15) is 10.1 Å². The van der Waals surface area contributed by atoms with Crippen LogP contribution in [0.15, 0.2) is 72.1 Å². The Morgan fingerprint density at radius 1 is 1.09 bits per heavy atom. The van der Waals surface area contributed by atoms with Gasteiger partial charge in [-0.05, 0) is 42.0 Å². The predicted octanol–water partition coefficient (Wildman–Crippen LogP) is 3.71. The minimum atomic E-state index is -0.576. The van der Waals surface area contributed by atoms with Crippen molar-refractivity contribution in [2.24, 2.45) is 5.10 Å². The lowest BCUT2D eigenvalue weighted by atomic mass is 10.1. The molecule has 1 aromatic heterocycles. The second-order valence-corrected chi connectivity index (χ2v) is 7.08. The summed E-state index contributed by atoms with van der Waals surface area (Å²) in [6, 6.07) is 15.9. The van der Waals surface area contributed by atoms with Gasteiger partial charge in [0.1, 0.15) is 12.3 Å². The molecule has 4 rings (SSSR count). The average molecular weight is 446 g/mol. The van der Waals surface area contributed by atoms with Crippen molar-refractivity contribution < 1.29 is 23.8 Å². The molecule has 0 atom stereocenters. The van der Waals surface area contributed by atoms with E-state index in [2.05, 4.69) is 15.4 Å². The fraction of sp³-hybridized carbons (Fsp3) is 0.167. The van der Waals surface area contributed by atoms with E-state index >= 15 is 0 Å². The number of rotatable bonds is 7. The smallest absolute Gasteiger partial charge is 0.431 e. The number of nitrogens with one attached hydrogen (secondary N) is 1. The van der Waals surface area contributed by atoms with Crippen LogP contribution in [0.1, 0.15) is 21.5 Å². The zero-order valence-electron chi connectivity index (χ0n) is 18.1. The van der Waals surface area contributed by atoms with Crippen LogP contribution in [0.2, 0.25) is 0 Å². The molecule has 9 nitrogen and oxygen atoms in total. The van der Waals surface area contributed by atoms with Crippen LogP contribution in [-0.4, -0.2) is 48.5 Å². The summed E-state index contributed by atoms with van der Waals surface area (Å²) in [6.07, 6.45) is 2.51. The van der Waals surface area contributed by atoms with Gasteiger partial charge in [0.25, 0.3) is 5.91 Å². The Hall–Kier alpha value is -4.40. The van der Waals surface area contributed by atoms with E-state index in [4.69, 9.17) is 14.2 Å². The number of anilines is 1. The number of hydrogen-bond donors (Lipinski definition) is 1. The molecule has 0 saturated heterocycles. The first-order chi connectivity index (χ1) is 16.1. The molecule has 1 N–H and O–H groups in total. The van der Waals surface area contributed by atoms with Gasteiger partial charge in [-0.3, -0.25) is 9.78 Å². The molecular weight excluding hydrogens is 424 g/mol. The van der Waals surface area contributed by atoms with Gasteiger partial charge in [0.2, 0.25) is 0 Å². The molecule has 2 amide bonds. The van der Waals surface area contributed by atoms with Crippen LogP contribution in [0.3, 0.4) is 0 Å². The third-order valence-electron chi connectivity index (χ3n) is 5.01. The molecule has 0 aliphatic carbocycles. The van der Waals surface area contributed by atoms with Gasteiger partial charge >= 0.3 is 6.09 Å². The van der Waals surface area contributed by atoms with E-state index in [0.717, 1.165) is 5.56 Å². The number of benzene rings is 2. The number of pyridine rings is 1. The highest BCUT2D eigenvalue weighted by atomic mass is 16.6. The van der Waals surface area contributed by atoms with Crippen molar-refractivity contribution in [2.75, 3.05) is 26.1 Å².